The zero-order valence-corrected chi connectivity index (χ0v) is 11.6. The molecule has 106 valence electrons. The number of hydrogen-bond acceptors (Lipinski definition) is 2. The Labute approximate surface area is 114 Å². The van der Waals surface area contributed by atoms with Gasteiger partial charge in [-0.1, -0.05) is 0 Å². The van der Waals surface area contributed by atoms with E-state index in [-0.39, 0.29) is 12.5 Å². The summed E-state index contributed by atoms with van der Waals surface area (Å²) in [6.07, 6.45) is 7.61. The summed E-state index contributed by atoms with van der Waals surface area (Å²) in [6, 6.07) is 4.24. The molecule has 1 fully saturated rings. The number of hydrogen-bond donors (Lipinski definition) is 2. The van der Waals surface area contributed by atoms with E-state index in [0.717, 1.165) is 37.8 Å². The van der Waals surface area contributed by atoms with Crippen LogP contribution in [0.1, 0.15) is 37.8 Å². The van der Waals surface area contributed by atoms with Gasteiger partial charge in [0.1, 0.15) is 0 Å². The van der Waals surface area contributed by atoms with Crippen LogP contribution in [0.3, 0.4) is 0 Å². The normalized spacial score (nSPS) is 23.3. The molecule has 0 saturated heterocycles. The lowest BCUT2D eigenvalue weighted by Gasteiger charge is -2.34. The minimum absolute atomic E-state index is 0.188. The van der Waals surface area contributed by atoms with Crippen LogP contribution in [0.15, 0.2) is 18.3 Å². The first kappa shape index (κ1) is 14.1. The van der Waals surface area contributed by atoms with Gasteiger partial charge in [0.05, 0.1) is 6.42 Å². The van der Waals surface area contributed by atoms with Crippen molar-refractivity contribution in [3.05, 3.63) is 24.0 Å². The maximum absolute atomic E-state index is 12.2. The smallest absolute Gasteiger partial charge is 0.228 e. The van der Waals surface area contributed by atoms with Crippen LogP contribution in [-0.2, 0) is 11.2 Å². The minimum Gasteiger partial charge on any atom is -0.396 e. The molecular formula is C15H24N2O2. The average Bonchev–Trinajstić information content (AvgIpc) is 2.92. The average molecular weight is 264 g/mol. The van der Waals surface area contributed by atoms with Crippen molar-refractivity contribution in [3.63, 3.8) is 0 Å². The largest absolute Gasteiger partial charge is 0.396 e. The summed E-state index contributed by atoms with van der Waals surface area (Å²) < 4.78 is 0. The highest BCUT2D eigenvalue weighted by atomic mass is 16.3. The fourth-order valence-electron chi connectivity index (χ4n) is 2.97. The van der Waals surface area contributed by atoms with Crippen molar-refractivity contribution in [2.24, 2.45) is 5.92 Å². The molecule has 0 unspecified atom stereocenters. The van der Waals surface area contributed by atoms with Crippen molar-refractivity contribution in [2.45, 2.75) is 44.6 Å². The summed E-state index contributed by atoms with van der Waals surface area (Å²) in [5, 5.41) is 8.96. The molecular weight excluding hydrogens is 240 g/mol. The van der Waals surface area contributed by atoms with Crippen molar-refractivity contribution in [3.8, 4) is 0 Å². The van der Waals surface area contributed by atoms with E-state index >= 15 is 0 Å². The van der Waals surface area contributed by atoms with Crippen molar-refractivity contribution in [2.75, 3.05) is 13.7 Å². The number of nitrogens with zero attached hydrogens (tertiary/aromatic N) is 1. The van der Waals surface area contributed by atoms with Gasteiger partial charge in [-0.25, -0.2) is 0 Å². The minimum atomic E-state index is 0.188. The fraction of sp³-hybridized carbons (Fsp3) is 0.667. The molecule has 0 aliphatic heterocycles. The lowest BCUT2D eigenvalue weighted by atomic mass is 9.83. The molecule has 1 aliphatic carbocycles. The van der Waals surface area contributed by atoms with Crippen LogP contribution in [0.4, 0.5) is 0 Å². The number of aromatic amines is 1. The predicted molar refractivity (Wildman–Crippen MR) is 74.7 cm³/mol. The van der Waals surface area contributed by atoms with Crippen molar-refractivity contribution >= 4 is 5.91 Å². The summed E-state index contributed by atoms with van der Waals surface area (Å²) in [6.45, 7) is 0.289. The summed E-state index contributed by atoms with van der Waals surface area (Å²) in [5.41, 5.74) is 0.978. The lowest BCUT2D eigenvalue weighted by Crippen LogP contribution is -2.40. The number of rotatable bonds is 5. The number of amides is 1. The van der Waals surface area contributed by atoms with Gasteiger partial charge in [0.25, 0.3) is 0 Å². The molecule has 1 saturated carbocycles. The number of nitrogens with one attached hydrogen (secondary N) is 1. The molecule has 1 aliphatic rings. The summed E-state index contributed by atoms with van der Waals surface area (Å²) in [4.78, 5) is 17.2. The molecule has 1 aromatic rings. The van der Waals surface area contributed by atoms with Gasteiger partial charge in [-0.2, -0.15) is 0 Å². The maximum Gasteiger partial charge on any atom is 0.228 e. The van der Waals surface area contributed by atoms with Gasteiger partial charge in [-0.05, 0) is 50.2 Å². The molecule has 1 heterocycles. The fourth-order valence-corrected chi connectivity index (χ4v) is 2.97. The molecule has 2 N–H and O–H groups in total. The van der Waals surface area contributed by atoms with E-state index in [2.05, 4.69) is 4.98 Å². The second-order valence-electron chi connectivity index (χ2n) is 5.56. The molecule has 0 bridgehead atoms. The van der Waals surface area contributed by atoms with E-state index in [0.29, 0.717) is 18.4 Å². The van der Waals surface area contributed by atoms with E-state index in [1.54, 1.807) is 0 Å². The second-order valence-corrected chi connectivity index (χ2v) is 5.56. The van der Waals surface area contributed by atoms with Crippen LogP contribution < -0.4 is 0 Å². The van der Waals surface area contributed by atoms with Crippen LogP contribution in [-0.4, -0.2) is 40.6 Å². The van der Waals surface area contributed by atoms with Crippen LogP contribution in [0.5, 0.6) is 0 Å². The van der Waals surface area contributed by atoms with Gasteiger partial charge in [-0.15, -0.1) is 0 Å². The van der Waals surface area contributed by atoms with E-state index in [1.165, 1.54) is 0 Å². The zero-order chi connectivity index (χ0) is 13.7. The molecule has 1 aromatic heterocycles. The monoisotopic (exact) mass is 264 g/mol. The van der Waals surface area contributed by atoms with E-state index < -0.39 is 0 Å². The zero-order valence-electron chi connectivity index (χ0n) is 11.6. The third-order valence-corrected chi connectivity index (χ3v) is 4.30. The highest BCUT2D eigenvalue weighted by Crippen LogP contribution is 2.29. The number of carbonyl (C=O) groups excluding carboxylic acids is 1. The molecule has 4 heteroatoms. The number of carbonyl (C=O) groups is 1. The molecule has 1 amide bonds. The van der Waals surface area contributed by atoms with Crippen molar-refractivity contribution in [1.29, 1.82) is 0 Å². The first-order valence-electron chi connectivity index (χ1n) is 7.19. The Morgan fingerprint density at radius 3 is 2.74 bits per heavy atom. The third-order valence-electron chi connectivity index (χ3n) is 4.30. The van der Waals surface area contributed by atoms with Gasteiger partial charge in [0.15, 0.2) is 0 Å². The maximum atomic E-state index is 12.2. The lowest BCUT2D eigenvalue weighted by molar-refractivity contribution is -0.132. The Morgan fingerprint density at radius 2 is 2.16 bits per heavy atom. The standard InChI is InChI=1S/C15H24N2O2/c1-17(15(19)11-13-3-2-9-16-13)14-6-4-12(5-7-14)8-10-18/h2-3,9,12,14,16,18H,4-8,10-11H2,1H3. The van der Waals surface area contributed by atoms with Gasteiger partial charge in [0, 0.05) is 31.6 Å². The highest BCUT2D eigenvalue weighted by Gasteiger charge is 2.26. The molecule has 2 rings (SSSR count). The predicted octanol–water partition coefficient (Wildman–Crippen LogP) is 1.96. The van der Waals surface area contributed by atoms with Gasteiger partial charge >= 0.3 is 0 Å². The van der Waals surface area contributed by atoms with E-state index in [4.69, 9.17) is 5.11 Å². The quantitative estimate of drug-likeness (QED) is 0.854. The summed E-state index contributed by atoms with van der Waals surface area (Å²) >= 11 is 0. The van der Waals surface area contributed by atoms with Gasteiger partial charge < -0.3 is 15.0 Å². The number of aliphatic hydroxyl groups is 1. The first-order valence-corrected chi connectivity index (χ1v) is 7.19. The van der Waals surface area contributed by atoms with Crippen molar-refractivity contribution < 1.29 is 9.90 Å². The van der Waals surface area contributed by atoms with Gasteiger partial charge in [-0.3, -0.25) is 4.79 Å². The van der Waals surface area contributed by atoms with Gasteiger partial charge in [0.2, 0.25) is 5.91 Å². The van der Waals surface area contributed by atoms with E-state index in [9.17, 15) is 4.79 Å². The highest BCUT2D eigenvalue weighted by molar-refractivity contribution is 5.78. The molecule has 0 radical (unpaired) electrons. The van der Waals surface area contributed by atoms with Crippen molar-refractivity contribution in [1.82, 2.24) is 9.88 Å². The van der Waals surface area contributed by atoms with E-state index in [1.807, 2.05) is 30.3 Å². The summed E-state index contributed by atoms with van der Waals surface area (Å²) in [7, 11) is 1.92. The molecule has 19 heavy (non-hydrogen) atoms. The Balaban J connectivity index is 1.80. The number of aliphatic hydroxyl groups excluding tert-OH is 1. The Morgan fingerprint density at radius 1 is 1.42 bits per heavy atom. The Bertz CT molecular complexity index is 381. The number of aromatic nitrogens is 1. The SMILES string of the molecule is CN(C(=O)Cc1ccc[nH]1)C1CCC(CCO)CC1. The van der Waals surface area contributed by atoms with Crippen LogP contribution in [0, 0.1) is 5.92 Å². The van der Waals surface area contributed by atoms with Crippen LogP contribution in [0.25, 0.3) is 0 Å². The topological polar surface area (TPSA) is 56.3 Å². The van der Waals surface area contributed by atoms with Crippen LogP contribution >= 0.6 is 0 Å². The Hall–Kier alpha value is -1.29. The summed E-state index contributed by atoms with van der Waals surface area (Å²) in [5.74, 6) is 0.834. The number of H-pyrrole nitrogens is 1. The third kappa shape index (κ3) is 3.83. The molecule has 4 nitrogen and oxygen atoms in total. The molecule has 0 aromatic carbocycles. The second kappa shape index (κ2) is 6.75. The molecule has 0 atom stereocenters. The first-order chi connectivity index (χ1) is 9.20. The Kier molecular flexibility index (Phi) is 5.02. The van der Waals surface area contributed by atoms with Crippen LogP contribution in [0.2, 0.25) is 0 Å². The number of likely N-dealkylation sites (N-methyl/N-ethyl adjacent to an activating group) is 1. The molecule has 0 spiro atoms.